The van der Waals surface area contributed by atoms with Crippen LogP contribution in [0.25, 0.3) is 0 Å². The Bertz CT molecular complexity index is 514. The molecule has 1 nitrogen and oxygen atoms in total. The fourth-order valence-electron chi connectivity index (χ4n) is 2.25. The third-order valence-electron chi connectivity index (χ3n) is 3.24. The molecule has 2 unspecified atom stereocenters. The molecule has 1 aliphatic heterocycles. The Kier molecular flexibility index (Phi) is 4.12. The zero-order chi connectivity index (χ0) is 13.5. The highest BCUT2D eigenvalue weighted by Crippen LogP contribution is 2.44. The van der Waals surface area contributed by atoms with Crippen LogP contribution in [0, 0.1) is 25.4 Å². The number of alkyl halides is 1. The molecule has 0 fully saturated rings. The van der Waals surface area contributed by atoms with E-state index in [0.29, 0.717) is 6.61 Å². The fourth-order valence-corrected chi connectivity index (χ4v) is 4.30. The van der Waals surface area contributed by atoms with Crippen molar-refractivity contribution in [1.82, 2.24) is 0 Å². The second-order valence-electron chi connectivity index (χ2n) is 4.93. The maximum atomic E-state index is 14.2. The topological polar surface area (TPSA) is 9.23 Å². The van der Waals surface area contributed by atoms with Gasteiger partial charge in [0.1, 0.15) is 11.4 Å². The smallest absolute Gasteiger partial charge is 0.137 e. The Hall–Kier alpha value is -0.0300. The van der Waals surface area contributed by atoms with E-state index in [0.717, 1.165) is 18.5 Å². The van der Waals surface area contributed by atoms with Crippen LogP contribution in [0.4, 0.5) is 4.39 Å². The van der Waals surface area contributed by atoms with Gasteiger partial charge < -0.3 is 4.74 Å². The lowest BCUT2D eigenvalue weighted by Crippen LogP contribution is -2.38. The van der Waals surface area contributed by atoms with Crippen molar-refractivity contribution in [3.63, 3.8) is 0 Å². The van der Waals surface area contributed by atoms with Crippen LogP contribution in [0.5, 0.6) is 5.75 Å². The van der Waals surface area contributed by atoms with E-state index in [2.05, 4.69) is 51.1 Å². The molecule has 0 saturated heterocycles. The van der Waals surface area contributed by atoms with Crippen molar-refractivity contribution >= 4 is 45.2 Å². The molecule has 0 saturated carbocycles. The van der Waals surface area contributed by atoms with Crippen LogP contribution in [-0.2, 0) is 0 Å². The van der Waals surface area contributed by atoms with E-state index >= 15 is 0 Å². The molecule has 0 spiro atoms. The molecular weight excluding hydrogens is 457 g/mol. The number of fused-ring (bicyclic) bond motifs is 1. The Balaban J connectivity index is 2.54. The van der Waals surface area contributed by atoms with E-state index < -0.39 is 5.67 Å². The van der Waals surface area contributed by atoms with Gasteiger partial charge in [0.2, 0.25) is 0 Å². The molecule has 0 aromatic heterocycles. The highest BCUT2D eigenvalue weighted by molar-refractivity contribution is 14.1. The lowest BCUT2D eigenvalue weighted by molar-refractivity contribution is 0.0602. The fraction of sp³-hybridized carbons (Fsp3) is 0.429. The lowest BCUT2D eigenvalue weighted by atomic mass is 9.77. The molecule has 0 bridgehead atoms. The SMILES string of the molecule is C#CC1c2cc(I)cc(I)c2OCC1C(C)(C)F. The summed E-state index contributed by atoms with van der Waals surface area (Å²) in [6.45, 7) is 3.46. The van der Waals surface area contributed by atoms with E-state index in [-0.39, 0.29) is 11.8 Å². The number of halogens is 3. The predicted molar refractivity (Wildman–Crippen MR) is 87.6 cm³/mol. The summed E-state index contributed by atoms with van der Waals surface area (Å²) in [5.74, 6) is 3.04. The van der Waals surface area contributed by atoms with Crippen LogP contribution >= 0.6 is 45.2 Å². The molecule has 2 rings (SSSR count). The van der Waals surface area contributed by atoms with Crippen molar-refractivity contribution in [2.45, 2.75) is 25.4 Å². The van der Waals surface area contributed by atoms with Crippen molar-refractivity contribution in [1.29, 1.82) is 0 Å². The summed E-state index contributed by atoms with van der Waals surface area (Å²) < 4.78 is 22.1. The summed E-state index contributed by atoms with van der Waals surface area (Å²) in [5, 5.41) is 0. The van der Waals surface area contributed by atoms with Gasteiger partial charge in [-0.25, -0.2) is 4.39 Å². The molecule has 4 heteroatoms. The minimum Gasteiger partial charge on any atom is -0.492 e. The maximum absolute atomic E-state index is 14.2. The number of rotatable bonds is 1. The first-order valence-corrected chi connectivity index (χ1v) is 7.77. The average Bonchev–Trinajstić information content (AvgIpc) is 2.25. The third-order valence-corrected chi connectivity index (χ3v) is 4.67. The van der Waals surface area contributed by atoms with Gasteiger partial charge in [0, 0.05) is 15.1 Å². The second kappa shape index (κ2) is 5.16. The van der Waals surface area contributed by atoms with Crippen molar-refractivity contribution in [3.05, 3.63) is 24.8 Å². The van der Waals surface area contributed by atoms with Gasteiger partial charge in [-0.15, -0.1) is 6.42 Å². The molecule has 96 valence electrons. The van der Waals surface area contributed by atoms with Gasteiger partial charge in [-0.1, -0.05) is 5.92 Å². The summed E-state index contributed by atoms with van der Waals surface area (Å²) in [6, 6.07) is 4.04. The first kappa shape index (κ1) is 14.4. The highest BCUT2D eigenvalue weighted by atomic mass is 127. The second-order valence-corrected chi connectivity index (χ2v) is 7.34. The Labute approximate surface area is 134 Å². The van der Waals surface area contributed by atoms with Gasteiger partial charge in [0.25, 0.3) is 0 Å². The van der Waals surface area contributed by atoms with E-state index in [1.807, 2.05) is 12.1 Å². The van der Waals surface area contributed by atoms with Crippen LogP contribution in [0.15, 0.2) is 12.1 Å². The number of hydrogen-bond acceptors (Lipinski definition) is 1. The van der Waals surface area contributed by atoms with Crippen LogP contribution in [0.3, 0.4) is 0 Å². The molecule has 0 N–H and O–H groups in total. The van der Waals surface area contributed by atoms with Crippen LogP contribution < -0.4 is 4.74 Å². The normalized spacial score (nSPS) is 22.9. The molecular formula is C14H13FI2O. The Morgan fingerprint density at radius 2 is 2.11 bits per heavy atom. The minimum absolute atomic E-state index is 0.225. The standard InChI is InChI=1S/C14H13FI2O/c1-4-9-10-5-8(16)6-12(17)13(10)18-7-11(9)14(2,3)15/h1,5-6,9,11H,7H2,2-3H3. The number of terminal acetylenes is 1. The lowest BCUT2D eigenvalue weighted by Gasteiger charge is -2.36. The van der Waals surface area contributed by atoms with E-state index in [1.54, 1.807) is 13.8 Å². The largest absolute Gasteiger partial charge is 0.492 e. The average molecular weight is 470 g/mol. The summed E-state index contributed by atoms with van der Waals surface area (Å²) in [6.07, 6.45) is 5.63. The quantitative estimate of drug-likeness (QED) is 0.438. The minimum atomic E-state index is -1.35. The summed E-state index contributed by atoms with van der Waals surface area (Å²) in [4.78, 5) is 0. The first-order chi connectivity index (χ1) is 8.34. The first-order valence-electron chi connectivity index (χ1n) is 5.61. The number of hydrogen-bond donors (Lipinski definition) is 0. The van der Waals surface area contributed by atoms with Crippen molar-refractivity contribution in [3.8, 4) is 18.1 Å². The van der Waals surface area contributed by atoms with Gasteiger partial charge >= 0.3 is 0 Å². The molecule has 0 amide bonds. The number of ether oxygens (including phenoxy) is 1. The predicted octanol–water partition coefficient (Wildman–Crippen LogP) is 4.37. The number of benzene rings is 1. The summed E-state index contributed by atoms with van der Waals surface area (Å²) in [5.41, 5.74) is -0.405. The molecule has 1 aromatic carbocycles. The summed E-state index contributed by atoms with van der Waals surface area (Å²) >= 11 is 4.47. The Morgan fingerprint density at radius 3 is 2.67 bits per heavy atom. The molecule has 1 aliphatic rings. The van der Waals surface area contributed by atoms with Crippen molar-refractivity contribution < 1.29 is 9.13 Å². The zero-order valence-corrected chi connectivity index (χ0v) is 14.5. The molecule has 18 heavy (non-hydrogen) atoms. The molecule has 0 radical (unpaired) electrons. The third kappa shape index (κ3) is 2.62. The molecule has 1 aromatic rings. The van der Waals surface area contributed by atoms with E-state index in [4.69, 9.17) is 11.2 Å². The van der Waals surface area contributed by atoms with Crippen molar-refractivity contribution in [2.24, 2.45) is 5.92 Å². The molecule has 1 heterocycles. The maximum Gasteiger partial charge on any atom is 0.137 e. The molecule has 2 atom stereocenters. The molecule has 0 aliphatic carbocycles. The van der Waals surface area contributed by atoms with Gasteiger partial charge in [-0.3, -0.25) is 0 Å². The van der Waals surface area contributed by atoms with Gasteiger partial charge in [0.15, 0.2) is 0 Å². The van der Waals surface area contributed by atoms with Crippen molar-refractivity contribution in [2.75, 3.05) is 6.61 Å². The van der Waals surface area contributed by atoms with Crippen LogP contribution in [0.1, 0.15) is 25.3 Å². The van der Waals surface area contributed by atoms with E-state index in [9.17, 15) is 4.39 Å². The highest BCUT2D eigenvalue weighted by Gasteiger charge is 2.41. The zero-order valence-electron chi connectivity index (χ0n) is 10.1. The van der Waals surface area contributed by atoms with Gasteiger partial charge in [0.05, 0.1) is 16.1 Å². The van der Waals surface area contributed by atoms with Gasteiger partial charge in [-0.2, -0.15) is 0 Å². The Morgan fingerprint density at radius 1 is 1.44 bits per heavy atom. The van der Waals surface area contributed by atoms with Crippen LogP contribution in [0.2, 0.25) is 0 Å². The van der Waals surface area contributed by atoms with Crippen LogP contribution in [-0.4, -0.2) is 12.3 Å². The monoisotopic (exact) mass is 470 g/mol. The van der Waals surface area contributed by atoms with Gasteiger partial charge in [-0.05, 0) is 71.2 Å². The van der Waals surface area contributed by atoms with E-state index in [1.165, 1.54) is 0 Å². The summed E-state index contributed by atoms with van der Waals surface area (Å²) in [7, 11) is 0.